The Kier molecular flexibility index (Phi) is 3.52. The Bertz CT molecular complexity index is 474. The lowest BCUT2D eigenvalue weighted by molar-refractivity contribution is 0.388. The van der Waals surface area contributed by atoms with E-state index in [0.29, 0.717) is 0 Å². The quantitative estimate of drug-likeness (QED) is 0.791. The number of fused-ring (bicyclic) bond motifs is 1. The van der Waals surface area contributed by atoms with Gasteiger partial charge in [-0.2, -0.15) is 0 Å². The Morgan fingerprint density at radius 1 is 1.25 bits per heavy atom. The summed E-state index contributed by atoms with van der Waals surface area (Å²) in [7, 11) is 4.20. The molecule has 0 saturated heterocycles. The highest BCUT2D eigenvalue weighted by Crippen LogP contribution is 2.20. The van der Waals surface area contributed by atoms with Gasteiger partial charge in [-0.25, -0.2) is 0 Å². The molecular formula is C13H17ClN2. The number of rotatable bonds is 4. The zero-order valence-corrected chi connectivity index (χ0v) is 10.5. The molecule has 0 spiro atoms. The SMILES string of the molecule is CN(C)CCCn1ccc2ccc(Cl)cc21. The molecule has 86 valence electrons. The summed E-state index contributed by atoms with van der Waals surface area (Å²) in [5.41, 5.74) is 1.23. The van der Waals surface area contributed by atoms with E-state index >= 15 is 0 Å². The van der Waals surface area contributed by atoms with Gasteiger partial charge in [-0.1, -0.05) is 17.7 Å². The van der Waals surface area contributed by atoms with E-state index in [9.17, 15) is 0 Å². The second-order valence-electron chi connectivity index (χ2n) is 4.37. The van der Waals surface area contributed by atoms with Crippen molar-refractivity contribution in [2.75, 3.05) is 20.6 Å². The van der Waals surface area contributed by atoms with Crippen LogP contribution >= 0.6 is 11.6 Å². The average Bonchev–Trinajstić information content (AvgIpc) is 2.60. The fourth-order valence-electron chi connectivity index (χ4n) is 1.91. The second-order valence-corrected chi connectivity index (χ2v) is 4.81. The predicted octanol–water partition coefficient (Wildman–Crippen LogP) is 3.25. The number of aryl methyl sites for hydroxylation is 1. The molecule has 16 heavy (non-hydrogen) atoms. The fourth-order valence-corrected chi connectivity index (χ4v) is 2.08. The number of hydrogen-bond acceptors (Lipinski definition) is 1. The third-order valence-corrected chi connectivity index (χ3v) is 2.98. The first-order chi connectivity index (χ1) is 7.66. The van der Waals surface area contributed by atoms with Crippen LogP contribution in [0.4, 0.5) is 0 Å². The third kappa shape index (κ3) is 2.57. The first-order valence-corrected chi connectivity index (χ1v) is 5.94. The molecule has 1 aromatic heterocycles. The smallest absolute Gasteiger partial charge is 0.0495 e. The van der Waals surface area contributed by atoms with Crippen molar-refractivity contribution in [2.24, 2.45) is 0 Å². The van der Waals surface area contributed by atoms with Gasteiger partial charge in [0.15, 0.2) is 0 Å². The van der Waals surface area contributed by atoms with Gasteiger partial charge in [-0.3, -0.25) is 0 Å². The maximum Gasteiger partial charge on any atom is 0.0495 e. The lowest BCUT2D eigenvalue weighted by Crippen LogP contribution is -2.14. The lowest BCUT2D eigenvalue weighted by atomic mass is 10.2. The van der Waals surface area contributed by atoms with Crippen LogP contribution in [0.3, 0.4) is 0 Å². The maximum atomic E-state index is 6.01. The molecule has 0 aliphatic heterocycles. The summed E-state index contributed by atoms with van der Waals surface area (Å²) in [6.45, 7) is 2.16. The average molecular weight is 237 g/mol. The Hall–Kier alpha value is -0.990. The maximum absolute atomic E-state index is 6.01. The van der Waals surface area contributed by atoms with Gasteiger partial charge in [0.2, 0.25) is 0 Å². The first-order valence-electron chi connectivity index (χ1n) is 5.56. The fraction of sp³-hybridized carbons (Fsp3) is 0.385. The number of nitrogens with zero attached hydrogens (tertiary/aromatic N) is 2. The first kappa shape index (κ1) is 11.5. The number of halogens is 1. The minimum Gasteiger partial charge on any atom is -0.347 e. The molecule has 1 heterocycles. The van der Waals surface area contributed by atoms with E-state index in [1.807, 2.05) is 12.1 Å². The molecule has 3 heteroatoms. The minimum absolute atomic E-state index is 0.806. The largest absolute Gasteiger partial charge is 0.347 e. The Morgan fingerprint density at radius 3 is 2.81 bits per heavy atom. The Balaban J connectivity index is 2.15. The molecule has 2 aromatic rings. The van der Waals surface area contributed by atoms with E-state index in [1.165, 1.54) is 10.9 Å². The van der Waals surface area contributed by atoms with Crippen molar-refractivity contribution in [3.05, 3.63) is 35.5 Å². The highest BCUT2D eigenvalue weighted by atomic mass is 35.5. The van der Waals surface area contributed by atoms with E-state index in [4.69, 9.17) is 11.6 Å². The predicted molar refractivity (Wildman–Crippen MR) is 70.1 cm³/mol. The highest BCUT2D eigenvalue weighted by Gasteiger charge is 2.01. The van der Waals surface area contributed by atoms with Gasteiger partial charge in [0.1, 0.15) is 0 Å². The zero-order valence-electron chi connectivity index (χ0n) is 9.78. The van der Waals surface area contributed by atoms with Crippen molar-refractivity contribution >= 4 is 22.5 Å². The molecular weight excluding hydrogens is 220 g/mol. The van der Waals surface area contributed by atoms with Gasteiger partial charge in [0, 0.05) is 23.3 Å². The minimum atomic E-state index is 0.806. The van der Waals surface area contributed by atoms with Gasteiger partial charge >= 0.3 is 0 Å². The van der Waals surface area contributed by atoms with Crippen LogP contribution in [0.2, 0.25) is 5.02 Å². The molecule has 0 fully saturated rings. The third-order valence-electron chi connectivity index (χ3n) is 2.74. The summed E-state index contributed by atoms with van der Waals surface area (Å²) in [6, 6.07) is 8.18. The second kappa shape index (κ2) is 4.89. The summed E-state index contributed by atoms with van der Waals surface area (Å²) in [6.07, 6.45) is 3.29. The molecule has 0 saturated carbocycles. The van der Waals surface area contributed by atoms with Gasteiger partial charge in [0.05, 0.1) is 0 Å². The number of benzene rings is 1. The summed E-state index contributed by atoms with van der Waals surface area (Å²) in [5.74, 6) is 0. The molecule has 0 radical (unpaired) electrons. The van der Waals surface area contributed by atoms with E-state index < -0.39 is 0 Å². The Labute approximate surface area is 101 Å². The molecule has 0 unspecified atom stereocenters. The topological polar surface area (TPSA) is 8.17 Å². The summed E-state index contributed by atoms with van der Waals surface area (Å²) >= 11 is 6.01. The van der Waals surface area contributed by atoms with Crippen LogP contribution in [0, 0.1) is 0 Å². The standard InChI is InChI=1S/C13H17ClN2/c1-15(2)7-3-8-16-9-6-11-4-5-12(14)10-13(11)16/h4-6,9-10H,3,7-8H2,1-2H3. The van der Waals surface area contributed by atoms with Crippen LogP contribution in [0.25, 0.3) is 10.9 Å². The van der Waals surface area contributed by atoms with Gasteiger partial charge in [-0.05, 0) is 50.6 Å². The van der Waals surface area contributed by atoms with Crippen LogP contribution in [-0.4, -0.2) is 30.1 Å². The van der Waals surface area contributed by atoms with Crippen LogP contribution in [0.15, 0.2) is 30.5 Å². The Morgan fingerprint density at radius 2 is 2.06 bits per heavy atom. The van der Waals surface area contributed by atoms with E-state index in [0.717, 1.165) is 24.5 Å². The summed E-state index contributed by atoms with van der Waals surface area (Å²) in [4.78, 5) is 2.21. The van der Waals surface area contributed by atoms with Crippen LogP contribution < -0.4 is 0 Å². The molecule has 0 N–H and O–H groups in total. The monoisotopic (exact) mass is 236 g/mol. The highest BCUT2D eigenvalue weighted by molar-refractivity contribution is 6.31. The summed E-state index contributed by atoms with van der Waals surface area (Å²) in [5, 5.41) is 2.06. The number of hydrogen-bond donors (Lipinski definition) is 0. The normalized spacial score (nSPS) is 11.5. The van der Waals surface area contributed by atoms with E-state index in [2.05, 4.69) is 41.9 Å². The number of aromatic nitrogens is 1. The van der Waals surface area contributed by atoms with E-state index in [1.54, 1.807) is 0 Å². The van der Waals surface area contributed by atoms with Crippen LogP contribution in [-0.2, 0) is 6.54 Å². The van der Waals surface area contributed by atoms with Gasteiger partial charge in [0.25, 0.3) is 0 Å². The van der Waals surface area contributed by atoms with Crippen molar-refractivity contribution < 1.29 is 0 Å². The molecule has 0 bridgehead atoms. The van der Waals surface area contributed by atoms with E-state index in [-0.39, 0.29) is 0 Å². The lowest BCUT2D eigenvalue weighted by Gasteiger charge is -2.10. The van der Waals surface area contributed by atoms with Crippen LogP contribution in [0.1, 0.15) is 6.42 Å². The van der Waals surface area contributed by atoms with Crippen molar-refractivity contribution in [1.82, 2.24) is 9.47 Å². The zero-order chi connectivity index (χ0) is 11.5. The van der Waals surface area contributed by atoms with Crippen molar-refractivity contribution in [3.63, 3.8) is 0 Å². The molecule has 0 aliphatic rings. The van der Waals surface area contributed by atoms with Crippen molar-refractivity contribution in [1.29, 1.82) is 0 Å². The molecule has 2 rings (SSSR count). The van der Waals surface area contributed by atoms with Crippen molar-refractivity contribution in [2.45, 2.75) is 13.0 Å². The van der Waals surface area contributed by atoms with Crippen molar-refractivity contribution in [3.8, 4) is 0 Å². The van der Waals surface area contributed by atoms with Gasteiger partial charge in [-0.15, -0.1) is 0 Å². The molecule has 1 aromatic carbocycles. The summed E-state index contributed by atoms with van der Waals surface area (Å²) < 4.78 is 2.27. The van der Waals surface area contributed by atoms with Crippen LogP contribution in [0.5, 0.6) is 0 Å². The molecule has 2 nitrogen and oxygen atoms in total. The molecule has 0 aliphatic carbocycles. The van der Waals surface area contributed by atoms with Gasteiger partial charge < -0.3 is 9.47 Å². The molecule has 0 amide bonds. The molecule has 0 atom stereocenters.